The van der Waals surface area contributed by atoms with Gasteiger partial charge in [0.15, 0.2) is 0 Å². The van der Waals surface area contributed by atoms with Crippen LogP contribution >= 0.6 is 0 Å². The minimum Gasteiger partial charge on any atom is -0.359 e. The van der Waals surface area contributed by atoms with Crippen LogP contribution in [0.5, 0.6) is 0 Å². The molecule has 0 saturated carbocycles. The van der Waals surface area contributed by atoms with Crippen LogP contribution in [0.2, 0.25) is 0 Å². The molecule has 0 N–H and O–H groups in total. The Morgan fingerprint density at radius 3 is 2.25 bits per heavy atom. The highest BCUT2D eigenvalue weighted by Gasteiger charge is 2.40. The molecule has 1 saturated heterocycles. The predicted molar refractivity (Wildman–Crippen MR) is 51.1 cm³/mol. The lowest BCUT2D eigenvalue weighted by molar-refractivity contribution is -0.0985. The Morgan fingerprint density at radius 1 is 1.33 bits per heavy atom. The summed E-state index contributed by atoms with van der Waals surface area (Å²) in [5.41, 5.74) is 0.0498. The van der Waals surface area contributed by atoms with Gasteiger partial charge in [0, 0.05) is 12.6 Å². The first-order valence-corrected chi connectivity index (χ1v) is 5.07. The zero-order valence-electron chi connectivity index (χ0n) is 8.76. The Hall–Kier alpha value is -0.0800. The van der Waals surface area contributed by atoms with Crippen molar-refractivity contribution in [2.45, 2.75) is 52.3 Å². The van der Waals surface area contributed by atoms with Crippen molar-refractivity contribution < 1.29 is 4.74 Å². The summed E-state index contributed by atoms with van der Waals surface area (Å²) in [5.74, 6) is 0. The van der Waals surface area contributed by atoms with E-state index in [9.17, 15) is 0 Å². The van der Waals surface area contributed by atoms with Gasteiger partial charge in [-0.05, 0) is 26.7 Å². The largest absolute Gasteiger partial charge is 0.359 e. The highest BCUT2D eigenvalue weighted by Crippen LogP contribution is 2.31. The Bertz CT molecular complexity index is 141. The smallest absolute Gasteiger partial charge is 0.121 e. The van der Waals surface area contributed by atoms with E-state index < -0.39 is 0 Å². The van der Waals surface area contributed by atoms with E-state index in [1.54, 1.807) is 0 Å². The van der Waals surface area contributed by atoms with Gasteiger partial charge in [-0.1, -0.05) is 13.8 Å². The topological polar surface area (TPSA) is 12.5 Å². The summed E-state index contributed by atoms with van der Waals surface area (Å²) < 4.78 is 5.84. The van der Waals surface area contributed by atoms with Gasteiger partial charge in [-0.15, -0.1) is 0 Å². The fourth-order valence-electron chi connectivity index (χ4n) is 2.21. The van der Waals surface area contributed by atoms with E-state index in [-0.39, 0.29) is 5.72 Å². The second kappa shape index (κ2) is 3.75. The van der Waals surface area contributed by atoms with Crippen molar-refractivity contribution >= 4 is 0 Å². The maximum Gasteiger partial charge on any atom is 0.121 e. The Kier molecular flexibility index (Phi) is 3.13. The lowest BCUT2D eigenvalue weighted by atomic mass is 10.0. The lowest BCUT2D eigenvalue weighted by Gasteiger charge is -2.38. The summed E-state index contributed by atoms with van der Waals surface area (Å²) in [5, 5.41) is 0. The summed E-state index contributed by atoms with van der Waals surface area (Å²) in [6, 6.07) is 0.604. The molecular weight excluding hydrogens is 150 g/mol. The number of nitrogens with zero attached hydrogens (tertiary/aromatic N) is 1. The van der Waals surface area contributed by atoms with Crippen LogP contribution < -0.4 is 0 Å². The minimum atomic E-state index is 0.0498. The normalized spacial score (nSPS) is 23.8. The van der Waals surface area contributed by atoms with Crippen molar-refractivity contribution in [3.63, 3.8) is 0 Å². The van der Waals surface area contributed by atoms with Gasteiger partial charge in [-0.3, -0.25) is 4.90 Å². The number of hydrogen-bond donors (Lipinski definition) is 0. The molecule has 0 radical (unpaired) electrons. The highest BCUT2D eigenvalue weighted by molar-refractivity contribution is 4.86. The van der Waals surface area contributed by atoms with Gasteiger partial charge >= 0.3 is 0 Å². The minimum absolute atomic E-state index is 0.0498. The lowest BCUT2D eigenvalue weighted by Crippen LogP contribution is -2.47. The molecule has 2 nitrogen and oxygen atoms in total. The molecule has 1 heterocycles. The monoisotopic (exact) mass is 171 g/mol. The van der Waals surface area contributed by atoms with Crippen molar-refractivity contribution in [3.8, 4) is 0 Å². The summed E-state index contributed by atoms with van der Waals surface area (Å²) >= 11 is 0. The van der Waals surface area contributed by atoms with Gasteiger partial charge < -0.3 is 4.74 Å². The standard InChI is InChI=1S/C10H21NO/c1-5-10(6-2)11(9(3)4)7-8-12-10/h9H,5-8H2,1-4H3. The highest BCUT2D eigenvalue weighted by atomic mass is 16.5. The molecule has 0 aromatic rings. The number of hydrogen-bond acceptors (Lipinski definition) is 2. The van der Waals surface area contributed by atoms with E-state index in [1.807, 2.05) is 0 Å². The Balaban J connectivity index is 2.72. The molecule has 0 atom stereocenters. The Labute approximate surface area is 75.9 Å². The molecule has 72 valence electrons. The molecule has 12 heavy (non-hydrogen) atoms. The molecule has 1 aliphatic heterocycles. The summed E-state index contributed by atoms with van der Waals surface area (Å²) in [6.45, 7) is 10.9. The molecule has 0 unspecified atom stereocenters. The van der Waals surface area contributed by atoms with Gasteiger partial charge in [0.2, 0.25) is 0 Å². The average molecular weight is 171 g/mol. The zero-order valence-corrected chi connectivity index (χ0v) is 8.76. The third-order valence-corrected chi connectivity index (χ3v) is 2.95. The molecule has 0 aliphatic carbocycles. The molecule has 0 amide bonds. The molecule has 1 rings (SSSR count). The molecular formula is C10H21NO. The van der Waals surface area contributed by atoms with Crippen LogP contribution in [-0.2, 0) is 4.74 Å². The van der Waals surface area contributed by atoms with Crippen LogP contribution in [0.4, 0.5) is 0 Å². The van der Waals surface area contributed by atoms with E-state index in [1.165, 1.54) is 0 Å². The van der Waals surface area contributed by atoms with Crippen molar-refractivity contribution in [1.82, 2.24) is 4.90 Å². The molecule has 0 aromatic heterocycles. The first-order valence-electron chi connectivity index (χ1n) is 5.07. The van der Waals surface area contributed by atoms with Gasteiger partial charge in [0.1, 0.15) is 5.72 Å². The van der Waals surface area contributed by atoms with E-state index in [2.05, 4.69) is 32.6 Å². The van der Waals surface area contributed by atoms with Crippen LogP contribution in [0.1, 0.15) is 40.5 Å². The third-order valence-electron chi connectivity index (χ3n) is 2.95. The van der Waals surface area contributed by atoms with Crippen LogP contribution in [0.15, 0.2) is 0 Å². The fraction of sp³-hybridized carbons (Fsp3) is 1.00. The summed E-state index contributed by atoms with van der Waals surface area (Å²) in [6.07, 6.45) is 2.20. The van der Waals surface area contributed by atoms with Gasteiger partial charge in [0.25, 0.3) is 0 Å². The van der Waals surface area contributed by atoms with E-state index in [0.717, 1.165) is 26.0 Å². The molecule has 0 bridgehead atoms. The second-order valence-electron chi connectivity index (χ2n) is 3.79. The van der Waals surface area contributed by atoms with Crippen LogP contribution in [0.3, 0.4) is 0 Å². The van der Waals surface area contributed by atoms with Crippen LogP contribution in [0, 0.1) is 0 Å². The third kappa shape index (κ3) is 1.50. The van der Waals surface area contributed by atoms with Gasteiger partial charge in [0.05, 0.1) is 6.61 Å². The van der Waals surface area contributed by atoms with Crippen molar-refractivity contribution in [1.29, 1.82) is 0 Å². The SMILES string of the molecule is CCC1(CC)OCCN1C(C)C. The number of rotatable bonds is 3. The fourth-order valence-corrected chi connectivity index (χ4v) is 2.21. The van der Waals surface area contributed by atoms with E-state index in [0.29, 0.717) is 6.04 Å². The quantitative estimate of drug-likeness (QED) is 0.645. The summed E-state index contributed by atoms with van der Waals surface area (Å²) in [7, 11) is 0. The second-order valence-corrected chi connectivity index (χ2v) is 3.79. The predicted octanol–water partition coefficient (Wildman–Crippen LogP) is 2.24. The number of ether oxygens (including phenoxy) is 1. The first-order chi connectivity index (χ1) is 5.66. The van der Waals surface area contributed by atoms with Crippen molar-refractivity contribution in [3.05, 3.63) is 0 Å². The molecule has 2 heteroatoms. The molecule has 0 spiro atoms. The van der Waals surface area contributed by atoms with E-state index in [4.69, 9.17) is 4.74 Å². The maximum atomic E-state index is 5.84. The van der Waals surface area contributed by atoms with Crippen LogP contribution in [0.25, 0.3) is 0 Å². The van der Waals surface area contributed by atoms with Gasteiger partial charge in [-0.2, -0.15) is 0 Å². The summed E-state index contributed by atoms with van der Waals surface area (Å²) in [4.78, 5) is 2.48. The molecule has 1 aliphatic rings. The van der Waals surface area contributed by atoms with E-state index >= 15 is 0 Å². The zero-order chi connectivity index (χ0) is 9.19. The van der Waals surface area contributed by atoms with Crippen molar-refractivity contribution in [2.75, 3.05) is 13.2 Å². The van der Waals surface area contributed by atoms with Crippen LogP contribution in [-0.4, -0.2) is 29.8 Å². The Morgan fingerprint density at radius 2 is 1.92 bits per heavy atom. The maximum absolute atomic E-state index is 5.84. The molecule has 0 aromatic carbocycles. The first kappa shape index (κ1) is 10.0. The molecule has 1 fully saturated rings. The average Bonchev–Trinajstić information content (AvgIpc) is 2.48. The van der Waals surface area contributed by atoms with Gasteiger partial charge in [-0.25, -0.2) is 0 Å². The van der Waals surface area contributed by atoms with Crippen molar-refractivity contribution in [2.24, 2.45) is 0 Å².